The summed E-state index contributed by atoms with van der Waals surface area (Å²) in [7, 11) is 0. The molecule has 0 aromatic heterocycles. The Bertz CT molecular complexity index is 460. The van der Waals surface area contributed by atoms with Crippen molar-refractivity contribution in [2.24, 2.45) is 0 Å². The van der Waals surface area contributed by atoms with Crippen molar-refractivity contribution in [3.05, 3.63) is 35.9 Å². The Morgan fingerprint density at radius 3 is 2.75 bits per heavy atom. The third-order valence-corrected chi connectivity index (χ3v) is 3.17. The van der Waals surface area contributed by atoms with Gasteiger partial charge in [0.2, 0.25) is 0 Å². The van der Waals surface area contributed by atoms with E-state index in [9.17, 15) is 9.59 Å². The summed E-state index contributed by atoms with van der Waals surface area (Å²) in [5.41, 5.74) is 0.953. The van der Waals surface area contributed by atoms with Gasteiger partial charge in [-0.15, -0.1) is 0 Å². The van der Waals surface area contributed by atoms with E-state index in [0.29, 0.717) is 13.1 Å². The van der Waals surface area contributed by atoms with E-state index in [1.807, 2.05) is 30.3 Å². The molecule has 0 radical (unpaired) electrons. The first kappa shape index (κ1) is 14.4. The molecule has 1 aromatic carbocycles. The minimum Gasteiger partial charge on any atom is -0.461 e. The van der Waals surface area contributed by atoms with E-state index in [2.05, 4.69) is 0 Å². The lowest BCUT2D eigenvalue weighted by atomic mass is 10.1. The van der Waals surface area contributed by atoms with Crippen LogP contribution in [0.25, 0.3) is 0 Å². The number of esters is 1. The number of carbonyl (C=O) groups is 2. The van der Waals surface area contributed by atoms with Crippen molar-refractivity contribution < 1.29 is 19.1 Å². The van der Waals surface area contributed by atoms with Gasteiger partial charge in [-0.3, -0.25) is 4.79 Å². The van der Waals surface area contributed by atoms with Crippen molar-refractivity contribution in [1.82, 2.24) is 4.90 Å². The van der Waals surface area contributed by atoms with Gasteiger partial charge in [0.25, 0.3) is 0 Å². The van der Waals surface area contributed by atoms with Crippen molar-refractivity contribution in [1.29, 1.82) is 0 Å². The molecule has 1 fully saturated rings. The van der Waals surface area contributed by atoms with Gasteiger partial charge in [-0.2, -0.15) is 0 Å². The number of ether oxygens (including phenoxy) is 2. The van der Waals surface area contributed by atoms with E-state index in [0.717, 1.165) is 18.4 Å². The predicted molar refractivity (Wildman–Crippen MR) is 73.0 cm³/mol. The number of hydrogen-bond donors (Lipinski definition) is 0. The smallest absolute Gasteiger partial charge is 0.410 e. The van der Waals surface area contributed by atoms with Crippen molar-refractivity contribution in [2.75, 3.05) is 13.1 Å². The molecule has 0 aliphatic carbocycles. The van der Waals surface area contributed by atoms with Crippen LogP contribution in [0.15, 0.2) is 30.3 Å². The molecular formula is C15H19NO4. The minimum atomic E-state index is -0.356. The molecule has 1 atom stereocenters. The van der Waals surface area contributed by atoms with Crippen LogP contribution in [0, 0.1) is 0 Å². The van der Waals surface area contributed by atoms with Gasteiger partial charge in [-0.05, 0) is 18.4 Å². The summed E-state index contributed by atoms with van der Waals surface area (Å²) in [6.07, 6.45) is 1.04. The second kappa shape index (κ2) is 6.93. The molecule has 0 bridgehead atoms. The fourth-order valence-corrected chi connectivity index (χ4v) is 2.25. The molecule has 0 N–H and O–H groups in total. The zero-order chi connectivity index (χ0) is 14.4. The quantitative estimate of drug-likeness (QED) is 0.796. The number of carbonyl (C=O) groups excluding carboxylic acids is 2. The molecule has 1 saturated heterocycles. The Hall–Kier alpha value is -2.04. The molecule has 1 amide bonds. The molecule has 5 heteroatoms. The summed E-state index contributed by atoms with van der Waals surface area (Å²) in [4.78, 5) is 24.5. The second-order valence-electron chi connectivity index (χ2n) is 4.86. The summed E-state index contributed by atoms with van der Waals surface area (Å²) >= 11 is 0. The fourth-order valence-electron chi connectivity index (χ4n) is 2.25. The minimum absolute atomic E-state index is 0.217. The van der Waals surface area contributed by atoms with Crippen LogP contribution in [-0.4, -0.2) is 36.2 Å². The third kappa shape index (κ3) is 4.26. The number of likely N-dealkylation sites (tertiary alicyclic amines) is 1. The van der Waals surface area contributed by atoms with Gasteiger partial charge >= 0.3 is 12.1 Å². The van der Waals surface area contributed by atoms with Gasteiger partial charge in [0.1, 0.15) is 12.7 Å². The molecule has 108 valence electrons. The maximum atomic E-state index is 12.0. The molecule has 1 aliphatic rings. The molecule has 5 nitrogen and oxygen atoms in total. The van der Waals surface area contributed by atoms with Gasteiger partial charge in [0.15, 0.2) is 0 Å². The molecule has 0 spiro atoms. The fraction of sp³-hybridized carbons (Fsp3) is 0.467. The van der Waals surface area contributed by atoms with E-state index < -0.39 is 0 Å². The van der Waals surface area contributed by atoms with E-state index in [1.54, 1.807) is 4.90 Å². The maximum Gasteiger partial charge on any atom is 0.410 e. The molecule has 2 rings (SSSR count). The molecule has 0 saturated carbocycles. The Kier molecular flexibility index (Phi) is 4.98. The largest absolute Gasteiger partial charge is 0.461 e. The summed E-state index contributed by atoms with van der Waals surface area (Å²) in [6.45, 7) is 2.69. The lowest BCUT2D eigenvalue weighted by Crippen LogP contribution is -2.43. The number of benzene rings is 1. The van der Waals surface area contributed by atoms with Crippen LogP contribution in [-0.2, 0) is 20.9 Å². The molecular weight excluding hydrogens is 258 g/mol. The van der Waals surface area contributed by atoms with Crippen LogP contribution < -0.4 is 0 Å². The van der Waals surface area contributed by atoms with Gasteiger partial charge in [0, 0.05) is 13.5 Å². The molecule has 1 aromatic rings. The third-order valence-electron chi connectivity index (χ3n) is 3.17. The van der Waals surface area contributed by atoms with Crippen LogP contribution in [0.2, 0.25) is 0 Å². The first-order chi connectivity index (χ1) is 9.65. The summed E-state index contributed by atoms with van der Waals surface area (Å²) in [5.74, 6) is -0.311. The first-order valence-electron chi connectivity index (χ1n) is 6.78. The van der Waals surface area contributed by atoms with Crippen LogP contribution in [0.5, 0.6) is 0 Å². The monoisotopic (exact) mass is 277 g/mol. The summed E-state index contributed by atoms with van der Waals surface area (Å²) in [5, 5.41) is 0. The van der Waals surface area contributed by atoms with Crippen LogP contribution in [0.3, 0.4) is 0 Å². The standard InChI is InChI=1S/C15H19NO4/c1-12(17)20-14-8-5-9-16(10-14)15(18)19-11-13-6-3-2-4-7-13/h2-4,6-7,14H,5,8-11H2,1H3/t14-/m1/s1. The predicted octanol–water partition coefficient (Wildman–Crippen LogP) is 2.35. The average Bonchev–Trinajstić information content (AvgIpc) is 2.45. The first-order valence-corrected chi connectivity index (χ1v) is 6.78. The van der Waals surface area contributed by atoms with Crippen molar-refractivity contribution in [3.63, 3.8) is 0 Å². The summed E-state index contributed by atoms with van der Waals surface area (Å²) < 4.78 is 10.4. The second-order valence-corrected chi connectivity index (χ2v) is 4.86. The van der Waals surface area contributed by atoms with Gasteiger partial charge in [-0.25, -0.2) is 4.79 Å². The SMILES string of the molecule is CC(=O)O[C@@H]1CCCN(C(=O)OCc2ccccc2)C1. The normalized spacial score (nSPS) is 18.4. The molecule has 1 aliphatic heterocycles. The Morgan fingerprint density at radius 2 is 2.05 bits per heavy atom. The van der Waals surface area contributed by atoms with Crippen molar-refractivity contribution in [3.8, 4) is 0 Å². The molecule has 0 unspecified atom stereocenters. The highest BCUT2D eigenvalue weighted by atomic mass is 16.6. The lowest BCUT2D eigenvalue weighted by Gasteiger charge is -2.31. The molecule has 1 heterocycles. The maximum absolute atomic E-state index is 12.0. The van der Waals surface area contributed by atoms with Gasteiger partial charge in [0.05, 0.1) is 6.54 Å². The Labute approximate surface area is 118 Å². The highest BCUT2D eigenvalue weighted by molar-refractivity contribution is 5.68. The lowest BCUT2D eigenvalue weighted by molar-refractivity contribution is -0.148. The zero-order valence-electron chi connectivity index (χ0n) is 11.6. The number of piperidine rings is 1. The van der Waals surface area contributed by atoms with E-state index >= 15 is 0 Å². The topological polar surface area (TPSA) is 55.8 Å². The van der Waals surface area contributed by atoms with Crippen molar-refractivity contribution in [2.45, 2.75) is 32.5 Å². The Morgan fingerprint density at radius 1 is 1.30 bits per heavy atom. The van der Waals surface area contributed by atoms with Crippen LogP contribution in [0.1, 0.15) is 25.3 Å². The number of amides is 1. The Balaban J connectivity index is 1.81. The van der Waals surface area contributed by atoms with E-state index in [-0.39, 0.29) is 24.8 Å². The van der Waals surface area contributed by atoms with Crippen molar-refractivity contribution >= 4 is 12.1 Å². The summed E-state index contributed by atoms with van der Waals surface area (Å²) in [6, 6.07) is 9.54. The zero-order valence-corrected chi connectivity index (χ0v) is 11.6. The van der Waals surface area contributed by atoms with Crippen LogP contribution >= 0.6 is 0 Å². The van der Waals surface area contributed by atoms with E-state index in [1.165, 1.54) is 6.92 Å². The number of hydrogen-bond acceptors (Lipinski definition) is 4. The van der Waals surface area contributed by atoms with E-state index in [4.69, 9.17) is 9.47 Å². The highest BCUT2D eigenvalue weighted by Gasteiger charge is 2.26. The van der Waals surface area contributed by atoms with Gasteiger partial charge < -0.3 is 14.4 Å². The highest BCUT2D eigenvalue weighted by Crippen LogP contribution is 2.15. The number of rotatable bonds is 3. The average molecular weight is 277 g/mol. The number of nitrogens with zero attached hydrogens (tertiary/aromatic N) is 1. The van der Waals surface area contributed by atoms with Gasteiger partial charge in [-0.1, -0.05) is 30.3 Å². The van der Waals surface area contributed by atoms with Crippen LogP contribution in [0.4, 0.5) is 4.79 Å². The molecule has 20 heavy (non-hydrogen) atoms.